The fourth-order valence-electron chi connectivity index (χ4n) is 0.977. The molecule has 0 saturated heterocycles. The highest BCUT2D eigenvalue weighted by atomic mass is 19.3. The lowest BCUT2D eigenvalue weighted by atomic mass is 10.1. The van der Waals surface area contributed by atoms with Gasteiger partial charge in [0.2, 0.25) is 0 Å². The summed E-state index contributed by atoms with van der Waals surface area (Å²) in [7, 11) is 0. The normalized spacial score (nSPS) is 10.5. The van der Waals surface area contributed by atoms with Crippen LogP contribution in [0, 0.1) is 0 Å². The summed E-state index contributed by atoms with van der Waals surface area (Å²) in [6.45, 7) is 0. The summed E-state index contributed by atoms with van der Waals surface area (Å²) < 4.78 is 24.4. The molecule has 1 rings (SSSR count). The summed E-state index contributed by atoms with van der Waals surface area (Å²) in [4.78, 5) is 13.5. The van der Waals surface area contributed by atoms with Gasteiger partial charge in [-0.1, -0.05) is 0 Å². The molecule has 1 aromatic heterocycles. The Hall–Kier alpha value is -1.72. The molecule has 0 saturated carbocycles. The minimum absolute atomic E-state index is 0.0669. The lowest BCUT2D eigenvalue weighted by Crippen LogP contribution is -2.02. The summed E-state index contributed by atoms with van der Waals surface area (Å²) in [6.07, 6.45) is -2.38. The molecule has 0 unspecified atom stereocenters. The summed E-state index contributed by atoms with van der Waals surface area (Å²) in [6, 6.07) is 1.19. The number of carbonyl (C=O) groups is 1. The largest absolute Gasteiger partial charge is 0.506 e. The van der Waals surface area contributed by atoms with Crippen molar-refractivity contribution in [3.05, 3.63) is 23.5 Å². The standard InChI is InChI=1S/C8H7F2NO3/c9-8(10)6-7(14)4(1-2-11-6)3-5(12)13/h1-2,8,14H,3H2,(H,12,13). The SMILES string of the molecule is O=C(O)Cc1ccnc(C(F)F)c1O. The Labute approximate surface area is 77.8 Å². The molecule has 1 aromatic rings. The first-order chi connectivity index (χ1) is 6.52. The zero-order chi connectivity index (χ0) is 10.7. The predicted molar refractivity (Wildman–Crippen MR) is 42.2 cm³/mol. The minimum atomic E-state index is -2.91. The maximum atomic E-state index is 12.2. The molecule has 14 heavy (non-hydrogen) atoms. The number of alkyl halides is 2. The molecule has 0 aliphatic rings. The van der Waals surface area contributed by atoms with Crippen LogP contribution in [-0.2, 0) is 11.2 Å². The molecule has 0 aromatic carbocycles. The second kappa shape index (κ2) is 3.99. The first-order valence-electron chi connectivity index (χ1n) is 3.69. The Morgan fingerprint density at radius 3 is 2.71 bits per heavy atom. The van der Waals surface area contributed by atoms with Crippen molar-refractivity contribution in [2.24, 2.45) is 0 Å². The van der Waals surface area contributed by atoms with Crippen LogP contribution in [0.15, 0.2) is 12.3 Å². The highest BCUT2D eigenvalue weighted by Gasteiger charge is 2.18. The van der Waals surface area contributed by atoms with Crippen LogP contribution in [0.3, 0.4) is 0 Å². The molecule has 0 bridgehead atoms. The molecule has 0 radical (unpaired) electrons. The number of aliphatic carboxylic acids is 1. The van der Waals surface area contributed by atoms with Crippen LogP contribution in [0.4, 0.5) is 8.78 Å². The Morgan fingerprint density at radius 2 is 2.21 bits per heavy atom. The van der Waals surface area contributed by atoms with Gasteiger partial charge in [-0.15, -0.1) is 0 Å². The monoisotopic (exact) mass is 203 g/mol. The number of halogens is 2. The van der Waals surface area contributed by atoms with Crippen molar-refractivity contribution in [2.75, 3.05) is 0 Å². The van der Waals surface area contributed by atoms with Crippen molar-refractivity contribution in [2.45, 2.75) is 12.8 Å². The van der Waals surface area contributed by atoms with E-state index >= 15 is 0 Å². The average molecular weight is 203 g/mol. The number of nitrogens with zero attached hydrogens (tertiary/aromatic N) is 1. The summed E-state index contributed by atoms with van der Waals surface area (Å²) in [5.41, 5.74) is -0.855. The fourth-order valence-corrected chi connectivity index (χ4v) is 0.977. The first-order valence-corrected chi connectivity index (χ1v) is 3.69. The second-order valence-electron chi connectivity index (χ2n) is 2.58. The van der Waals surface area contributed by atoms with Crippen molar-refractivity contribution in [3.8, 4) is 5.75 Å². The molecular formula is C8H7F2NO3. The third-order valence-corrected chi connectivity index (χ3v) is 1.58. The zero-order valence-electron chi connectivity index (χ0n) is 6.94. The van der Waals surface area contributed by atoms with Crippen LogP contribution in [0.1, 0.15) is 17.7 Å². The Bertz CT molecular complexity index is 354. The quantitative estimate of drug-likeness (QED) is 0.777. The molecule has 0 atom stereocenters. The highest BCUT2D eigenvalue weighted by molar-refractivity contribution is 5.71. The molecule has 0 spiro atoms. The van der Waals surface area contributed by atoms with E-state index in [0.29, 0.717) is 0 Å². The van der Waals surface area contributed by atoms with Crippen LogP contribution in [0.5, 0.6) is 5.75 Å². The average Bonchev–Trinajstić information content (AvgIpc) is 2.07. The molecule has 0 aliphatic heterocycles. The van der Waals surface area contributed by atoms with E-state index in [9.17, 15) is 18.7 Å². The summed E-state index contributed by atoms with van der Waals surface area (Å²) in [5.74, 6) is -1.95. The van der Waals surface area contributed by atoms with Gasteiger partial charge in [-0.2, -0.15) is 0 Å². The van der Waals surface area contributed by atoms with E-state index in [1.54, 1.807) is 0 Å². The number of pyridine rings is 1. The highest BCUT2D eigenvalue weighted by Crippen LogP contribution is 2.28. The van der Waals surface area contributed by atoms with Crippen molar-refractivity contribution >= 4 is 5.97 Å². The molecular weight excluding hydrogens is 196 g/mol. The maximum Gasteiger partial charge on any atom is 0.307 e. The van der Waals surface area contributed by atoms with Crippen LogP contribution in [0.2, 0.25) is 0 Å². The van der Waals surface area contributed by atoms with Crippen LogP contribution in [0.25, 0.3) is 0 Å². The van der Waals surface area contributed by atoms with Gasteiger partial charge in [0.1, 0.15) is 11.4 Å². The lowest BCUT2D eigenvalue weighted by Gasteiger charge is -2.05. The number of aromatic nitrogens is 1. The van der Waals surface area contributed by atoms with Gasteiger partial charge in [-0.25, -0.2) is 8.78 Å². The maximum absolute atomic E-state index is 12.2. The van der Waals surface area contributed by atoms with E-state index in [0.717, 1.165) is 6.20 Å². The van der Waals surface area contributed by atoms with Crippen molar-refractivity contribution in [3.63, 3.8) is 0 Å². The summed E-state index contributed by atoms with van der Waals surface area (Å²) in [5, 5.41) is 17.6. The molecule has 6 heteroatoms. The number of hydrogen-bond donors (Lipinski definition) is 2. The number of aromatic hydroxyl groups is 1. The topological polar surface area (TPSA) is 70.4 Å². The molecule has 0 fully saturated rings. The Morgan fingerprint density at radius 1 is 1.57 bits per heavy atom. The number of carboxylic acid groups (broad SMARTS) is 1. The van der Waals surface area contributed by atoms with Crippen molar-refractivity contribution in [1.29, 1.82) is 0 Å². The molecule has 76 valence electrons. The lowest BCUT2D eigenvalue weighted by molar-refractivity contribution is -0.136. The predicted octanol–water partition coefficient (Wildman–Crippen LogP) is 1.35. The van der Waals surface area contributed by atoms with Crippen molar-refractivity contribution in [1.82, 2.24) is 4.98 Å². The Balaban J connectivity index is 3.07. The van der Waals surface area contributed by atoms with Gasteiger partial charge in [0.15, 0.2) is 0 Å². The van der Waals surface area contributed by atoms with Gasteiger partial charge in [0.05, 0.1) is 6.42 Å². The van der Waals surface area contributed by atoms with E-state index in [2.05, 4.69) is 4.98 Å². The molecule has 4 nitrogen and oxygen atoms in total. The van der Waals surface area contributed by atoms with E-state index in [1.165, 1.54) is 6.07 Å². The first kappa shape index (κ1) is 10.4. The van der Waals surface area contributed by atoms with E-state index in [4.69, 9.17) is 5.11 Å². The molecule has 1 heterocycles. The zero-order valence-corrected chi connectivity index (χ0v) is 6.94. The van der Waals surface area contributed by atoms with Gasteiger partial charge in [0, 0.05) is 11.8 Å². The van der Waals surface area contributed by atoms with E-state index in [-0.39, 0.29) is 5.56 Å². The van der Waals surface area contributed by atoms with Crippen LogP contribution < -0.4 is 0 Å². The van der Waals surface area contributed by atoms with E-state index in [1.807, 2.05) is 0 Å². The van der Waals surface area contributed by atoms with Gasteiger partial charge in [-0.05, 0) is 6.07 Å². The van der Waals surface area contributed by atoms with Gasteiger partial charge in [-0.3, -0.25) is 9.78 Å². The number of carboxylic acids is 1. The van der Waals surface area contributed by atoms with Gasteiger partial charge in [0.25, 0.3) is 6.43 Å². The third-order valence-electron chi connectivity index (χ3n) is 1.58. The van der Waals surface area contributed by atoms with E-state index < -0.39 is 30.3 Å². The number of rotatable bonds is 3. The number of hydrogen-bond acceptors (Lipinski definition) is 3. The van der Waals surface area contributed by atoms with Gasteiger partial charge < -0.3 is 10.2 Å². The molecule has 0 aliphatic carbocycles. The molecule has 2 N–H and O–H groups in total. The minimum Gasteiger partial charge on any atom is -0.506 e. The third kappa shape index (κ3) is 2.15. The second-order valence-corrected chi connectivity index (χ2v) is 2.58. The Kier molecular flexibility index (Phi) is 2.95. The summed E-state index contributed by atoms with van der Waals surface area (Å²) >= 11 is 0. The van der Waals surface area contributed by atoms with Crippen LogP contribution >= 0.6 is 0 Å². The smallest absolute Gasteiger partial charge is 0.307 e. The van der Waals surface area contributed by atoms with Gasteiger partial charge >= 0.3 is 5.97 Å². The van der Waals surface area contributed by atoms with Crippen LogP contribution in [-0.4, -0.2) is 21.2 Å². The van der Waals surface area contributed by atoms with Crippen molar-refractivity contribution < 1.29 is 23.8 Å². The molecule has 0 amide bonds. The fraction of sp³-hybridized carbons (Fsp3) is 0.250.